The van der Waals surface area contributed by atoms with Crippen molar-refractivity contribution in [3.05, 3.63) is 58.1 Å². The molecule has 92 valence electrons. The normalized spacial score (nSPS) is 11.3. The first-order valence-corrected chi connectivity index (χ1v) is 6.52. The molecule has 3 nitrogen and oxygen atoms in total. The van der Waals surface area contributed by atoms with Crippen LogP contribution in [-0.4, -0.2) is 10.9 Å². The molecular formula is C14H14N2OS. The van der Waals surface area contributed by atoms with Gasteiger partial charge in [-0.3, -0.25) is 9.78 Å². The molecule has 1 amide bonds. The van der Waals surface area contributed by atoms with Crippen LogP contribution in [0, 0.1) is 0 Å². The van der Waals surface area contributed by atoms with Crippen LogP contribution in [-0.2, 0) is 11.3 Å². The molecular weight excluding hydrogens is 244 g/mol. The molecule has 0 radical (unpaired) electrons. The molecule has 2 aromatic rings. The van der Waals surface area contributed by atoms with Gasteiger partial charge in [-0.1, -0.05) is 12.1 Å². The number of nitrogens with one attached hydrogen (secondary N) is 1. The minimum atomic E-state index is -0.0488. The summed E-state index contributed by atoms with van der Waals surface area (Å²) >= 11 is 1.62. The largest absolute Gasteiger partial charge is 0.348 e. The highest BCUT2D eigenvalue weighted by Gasteiger charge is 2.04. The molecule has 0 saturated heterocycles. The first-order chi connectivity index (χ1) is 8.75. The van der Waals surface area contributed by atoms with Gasteiger partial charge >= 0.3 is 0 Å². The maximum Gasteiger partial charge on any atom is 0.247 e. The van der Waals surface area contributed by atoms with E-state index in [1.54, 1.807) is 23.7 Å². The van der Waals surface area contributed by atoms with Crippen LogP contribution >= 0.6 is 11.3 Å². The summed E-state index contributed by atoms with van der Waals surface area (Å²) in [6.45, 7) is 2.32. The maximum atomic E-state index is 11.8. The van der Waals surface area contributed by atoms with E-state index in [2.05, 4.69) is 10.3 Å². The number of hydrogen-bond donors (Lipinski definition) is 1. The first-order valence-electron chi connectivity index (χ1n) is 5.64. The molecule has 0 aliphatic rings. The minimum absolute atomic E-state index is 0.0488. The molecule has 4 heteroatoms. The Morgan fingerprint density at radius 3 is 3.00 bits per heavy atom. The van der Waals surface area contributed by atoms with Crippen molar-refractivity contribution in [1.29, 1.82) is 0 Å². The van der Waals surface area contributed by atoms with Crippen LogP contribution < -0.4 is 5.32 Å². The molecule has 0 aliphatic carbocycles. The van der Waals surface area contributed by atoms with Crippen LogP contribution in [0.1, 0.15) is 17.4 Å². The lowest BCUT2D eigenvalue weighted by Gasteiger charge is -2.04. The smallest absolute Gasteiger partial charge is 0.247 e. The van der Waals surface area contributed by atoms with E-state index in [0.717, 1.165) is 10.4 Å². The molecule has 18 heavy (non-hydrogen) atoms. The van der Waals surface area contributed by atoms with Crippen molar-refractivity contribution < 1.29 is 4.79 Å². The Balaban J connectivity index is 1.92. The molecule has 2 rings (SSSR count). The van der Waals surface area contributed by atoms with Gasteiger partial charge in [-0.25, -0.2) is 0 Å². The van der Waals surface area contributed by atoms with Gasteiger partial charge in [0.2, 0.25) is 5.91 Å². The summed E-state index contributed by atoms with van der Waals surface area (Å²) in [4.78, 5) is 16.9. The monoisotopic (exact) mass is 258 g/mol. The number of hydrogen-bond acceptors (Lipinski definition) is 3. The van der Waals surface area contributed by atoms with E-state index >= 15 is 0 Å². The average Bonchev–Trinajstić information content (AvgIpc) is 2.90. The molecule has 2 heterocycles. The molecule has 0 fully saturated rings. The summed E-state index contributed by atoms with van der Waals surface area (Å²) in [5, 5.41) is 4.86. The third-order valence-corrected chi connectivity index (χ3v) is 3.26. The first kappa shape index (κ1) is 12.5. The highest BCUT2D eigenvalue weighted by molar-refractivity contribution is 7.10. The minimum Gasteiger partial charge on any atom is -0.348 e. The number of aromatic nitrogens is 1. The van der Waals surface area contributed by atoms with Crippen LogP contribution in [0.2, 0.25) is 0 Å². The van der Waals surface area contributed by atoms with Gasteiger partial charge in [-0.05, 0) is 36.1 Å². The lowest BCUT2D eigenvalue weighted by Crippen LogP contribution is -2.23. The zero-order valence-corrected chi connectivity index (χ0v) is 10.9. The fourth-order valence-electron chi connectivity index (χ4n) is 1.48. The van der Waals surface area contributed by atoms with Gasteiger partial charge in [-0.2, -0.15) is 0 Å². The van der Waals surface area contributed by atoms with Gasteiger partial charge in [0.1, 0.15) is 0 Å². The quantitative estimate of drug-likeness (QED) is 0.857. The van der Waals surface area contributed by atoms with E-state index in [1.165, 1.54) is 0 Å². The van der Waals surface area contributed by atoms with Gasteiger partial charge < -0.3 is 5.32 Å². The van der Waals surface area contributed by atoms with Gasteiger partial charge in [0.25, 0.3) is 0 Å². The predicted molar refractivity (Wildman–Crippen MR) is 74.1 cm³/mol. The van der Waals surface area contributed by atoms with Crippen LogP contribution in [0.15, 0.2) is 47.6 Å². The van der Waals surface area contributed by atoms with Crippen molar-refractivity contribution in [1.82, 2.24) is 10.3 Å². The zero-order valence-electron chi connectivity index (χ0n) is 10.1. The Bertz CT molecular complexity index is 532. The summed E-state index contributed by atoms with van der Waals surface area (Å²) < 4.78 is 0. The lowest BCUT2D eigenvalue weighted by molar-refractivity contribution is -0.117. The summed E-state index contributed by atoms with van der Waals surface area (Å²) in [5.74, 6) is -0.0488. The van der Waals surface area contributed by atoms with E-state index in [4.69, 9.17) is 0 Å². The molecule has 0 spiro atoms. The molecule has 0 aromatic carbocycles. The molecule has 0 aliphatic heterocycles. The van der Waals surface area contributed by atoms with Crippen molar-refractivity contribution in [2.24, 2.45) is 0 Å². The van der Waals surface area contributed by atoms with Crippen LogP contribution in [0.25, 0.3) is 6.08 Å². The van der Waals surface area contributed by atoms with Gasteiger partial charge in [-0.15, -0.1) is 11.3 Å². The second kappa shape index (κ2) is 6.12. The van der Waals surface area contributed by atoms with E-state index in [-0.39, 0.29) is 5.91 Å². The van der Waals surface area contributed by atoms with Gasteiger partial charge in [0.15, 0.2) is 0 Å². The van der Waals surface area contributed by atoms with Crippen LogP contribution in [0.5, 0.6) is 0 Å². The fourth-order valence-corrected chi connectivity index (χ4v) is 2.19. The van der Waals surface area contributed by atoms with Crippen molar-refractivity contribution in [3.8, 4) is 0 Å². The molecule has 0 bridgehead atoms. The van der Waals surface area contributed by atoms with Crippen molar-refractivity contribution in [2.45, 2.75) is 13.5 Å². The Morgan fingerprint density at radius 1 is 1.44 bits per heavy atom. The maximum absolute atomic E-state index is 11.8. The number of rotatable bonds is 4. The van der Waals surface area contributed by atoms with E-state index < -0.39 is 0 Å². The lowest BCUT2D eigenvalue weighted by atomic mass is 10.2. The number of carbonyl (C=O) groups is 1. The van der Waals surface area contributed by atoms with E-state index in [1.807, 2.05) is 42.6 Å². The standard InChI is InChI=1S/C14H14N2OS/c1-11(8-13-5-3-7-18-13)14(17)16-10-12-4-2-6-15-9-12/h2-9H,10H2,1H3,(H,16,17)/b11-8+. The number of pyridine rings is 1. The van der Waals surface area contributed by atoms with E-state index in [0.29, 0.717) is 12.1 Å². The predicted octanol–water partition coefficient (Wildman–Crippen LogP) is 2.86. The highest BCUT2D eigenvalue weighted by atomic mass is 32.1. The van der Waals surface area contributed by atoms with Crippen molar-refractivity contribution in [3.63, 3.8) is 0 Å². The Kier molecular flexibility index (Phi) is 4.25. The summed E-state index contributed by atoms with van der Waals surface area (Å²) in [6.07, 6.45) is 5.36. The molecule has 0 atom stereocenters. The second-order valence-corrected chi connectivity index (χ2v) is 4.87. The SMILES string of the molecule is C/C(=C\c1cccs1)C(=O)NCc1cccnc1. The Hall–Kier alpha value is -1.94. The zero-order chi connectivity index (χ0) is 12.8. The third kappa shape index (κ3) is 3.53. The fraction of sp³-hybridized carbons (Fsp3) is 0.143. The summed E-state index contributed by atoms with van der Waals surface area (Å²) in [5.41, 5.74) is 1.70. The van der Waals surface area contributed by atoms with Crippen molar-refractivity contribution >= 4 is 23.3 Å². The number of nitrogens with zero attached hydrogens (tertiary/aromatic N) is 1. The topological polar surface area (TPSA) is 42.0 Å². The number of amides is 1. The van der Waals surface area contributed by atoms with Crippen molar-refractivity contribution in [2.75, 3.05) is 0 Å². The van der Waals surface area contributed by atoms with Gasteiger partial charge in [0, 0.05) is 29.4 Å². The van der Waals surface area contributed by atoms with Crippen LogP contribution in [0.4, 0.5) is 0 Å². The van der Waals surface area contributed by atoms with E-state index in [9.17, 15) is 4.79 Å². The molecule has 0 saturated carbocycles. The highest BCUT2D eigenvalue weighted by Crippen LogP contribution is 2.13. The molecule has 2 aromatic heterocycles. The number of thiophene rings is 1. The van der Waals surface area contributed by atoms with Crippen LogP contribution in [0.3, 0.4) is 0 Å². The molecule has 0 unspecified atom stereocenters. The van der Waals surface area contributed by atoms with Gasteiger partial charge in [0.05, 0.1) is 0 Å². The second-order valence-electron chi connectivity index (χ2n) is 3.89. The summed E-state index contributed by atoms with van der Waals surface area (Å²) in [6, 6.07) is 7.75. The average molecular weight is 258 g/mol. The summed E-state index contributed by atoms with van der Waals surface area (Å²) in [7, 11) is 0. The molecule has 1 N–H and O–H groups in total. The third-order valence-electron chi connectivity index (χ3n) is 2.44. The Labute approximate surface area is 110 Å². The Morgan fingerprint density at radius 2 is 2.33 bits per heavy atom. The number of carbonyl (C=O) groups excluding carboxylic acids is 1.